The molecular formula is C30H26F3NO2S. The molecule has 0 fully saturated rings. The van der Waals surface area contributed by atoms with Crippen molar-refractivity contribution in [2.75, 3.05) is 5.75 Å². The average Bonchev–Trinajstić information content (AvgIpc) is 3.03. The van der Waals surface area contributed by atoms with Gasteiger partial charge in [0.2, 0.25) is 0 Å². The van der Waals surface area contributed by atoms with Gasteiger partial charge in [0.1, 0.15) is 0 Å². The molecule has 3 aromatic rings. The summed E-state index contributed by atoms with van der Waals surface area (Å²) in [4.78, 5) is 16.0. The molecular weight excluding hydrogens is 495 g/mol. The van der Waals surface area contributed by atoms with Crippen LogP contribution in [0.2, 0.25) is 0 Å². The predicted molar refractivity (Wildman–Crippen MR) is 143 cm³/mol. The molecule has 0 saturated heterocycles. The second-order valence-corrected chi connectivity index (χ2v) is 10.5. The van der Waals surface area contributed by atoms with Crippen molar-refractivity contribution in [1.29, 1.82) is 0 Å². The number of nitrogens with zero attached hydrogens (tertiary/aromatic N) is 1. The van der Waals surface area contributed by atoms with Gasteiger partial charge in [0, 0.05) is 11.4 Å². The maximum Gasteiger partial charge on any atom is 0.416 e. The normalized spacial score (nSPS) is 16.7. The van der Waals surface area contributed by atoms with E-state index >= 15 is 0 Å². The van der Waals surface area contributed by atoms with Crippen LogP contribution < -0.4 is 0 Å². The smallest absolute Gasteiger partial charge is 0.416 e. The zero-order chi connectivity index (χ0) is 26.0. The quantitative estimate of drug-likeness (QED) is 0.358. The van der Waals surface area contributed by atoms with Gasteiger partial charge in [0.15, 0.2) is 0 Å². The zero-order valence-electron chi connectivity index (χ0n) is 20.1. The van der Waals surface area contributed by atoms with Gasteiger partial charge in [0.25, 0.3) is 0 Å². The molecule has 2 aliphatic carbocycles. The third-order valence-corrected chi connectivity index (χ3v) is 8.08. The molecule has 0 saturated carbocycles. The molecule has 0 spiro atoms. The van der Waals surface area contributed by atoms with Gasteiger partial charge >= 0.3 is 12.1 Å². The monoisotopic (exact) mass is 521 g/mol. The van der Waals surface area contributed by atoms with E-state index in [1.54, 1.807) is 12.1 Å². The first-order chi connectivity index (χ1) is 17.8. The second-order valence-electron chi connectivity index (χ2n) is 9.30. The Morgan fingerprint density at radius 3 is 2.68 bits per heavy atom. The van der Waals surface area contributed by atoms with Gasteiger partial charge in [-0.25, -0.2) is 0 Å². The lowest BCUT2D eigenvalue weighted by Crippen LogP contribution is -2.11. The average molecular weight is 522 g/mol. The summed E-state index contributed by atoms with van der Waals surface area (Å²) in [5, 5.41) is 8.71. The molecule has 0 radical (unpaired) electrons. The van der Waals surface area contributed by atoms with Gasteiger partial charge in [-0.1, -0.05) is 48.6 Å². The Balaban J connectivity index is 1.52. The summed E-state index contributed by atoms with van der Waals surface area (Å²) in [6.07, 6.45) is 7.06. The van der Waals surface area contributed by atoms with Crippen molar-refractivity contribution < 1.29 is 23.1 Å². The fourth-order valence-corrected chi connectivity index (χ4v) is 6.28. The fourth-order valence-electron chi connectivity index (χ4n) is 4.98. The third kappa shape index (κ3) is 5.67. The number of alkyl halides is 3. The number of rotatable bonds is 6. The molecule has 1 atom stereocenters. The number of hydrogen-bond acceptors (Lipinski definition) is 3. The maximum atomic E-state index is 13.8. The Labute approximate surface area is 218 Å². The van der Waals surface area contributed by atoms with Crippen LogP contribution in [0.15, 0.2) is 48.5 Å². The molecule has 1 unspecified atom stereocenters. The molecule has 5 rings (SSSR count). The van der Waals surface area contributed by atoms with Crippen molar-refractivity contribution in [3.8, 4) is 0 Å². The minimum atomic E-state index is -4.49. The number of aromatic nitrogens is 1. The van der Waals surface area contributed by atoms with Gasteiger partial charge in [-0.05, 0) is 83.3 Å². The van der Waals surface area contributed by atoms with Crippen LogP contribution >= 0.6 is 11.8 Å². The van der Waals surface area contributed by atoms with Crippen LogP contribution in [0.3, 0.4) is 0 Å². The first kappa shape index (κ1) is 25.3. The topological polar surface area (TPSA) is 50.2 Å². The van der Waals surface area contributed by atoms with E-state index in [4.69, 9.17) is 10.1 Å². The molecule has 2 aromatic carbocycles. The number of pyridine rings is 1. The van der Waals surface area contributed by atoms with Crippen molar-refractivity contribution in [3.63, 3.8) is 0 Å². The summed E-state index contributed by atoms with van der Waals surface area (Å²) in [5.74, 6) is -0.646. The number of fused-ring (bicyclic) bond motifs is 3. The third-order valence-electron chi connectivity index (χ3n) is 6.80. The Bertz CT molecular complexity index is 1390. The van der Waals surface area contributed by atoms with E-state index in [1.165, 1.54) is 35.9 Å². The summed E-state index contributed by atoms with van der Waals surface area (Å²) in [5.41, 5.74) is 5.94. The molecule has 0 amide bonds. The maximum absolute atomic E-state index is 13.8. The molecule has 190 valence electrons. The van der Waals surface area contributed by atoms with E-state index in [0.717, 1.165) is 53.4 Å². The van der Waals surface area contributed by atoms with Gasteiger partial charge in [-0.2, -0.15) is 13.2 Å². The van der Waals surface area contributed by atoms with Crippen LogP contribution in [0.4, 0.5) is 13.2 Å². The number of aryl methyl sites for hydroxylation is 2. The standard InChI is InChI=1S/C30H26F3NO2S/c31-30(32,33)26-6-3-5-24-23(26)15-12-20-10-8-19(18-25(20)29(24)37-17-16-28(35)36)9-13-22-14-11-21-4-1-2-7-27(21)34-22/h3,5-6,8-15,18,29H,1-2,4,7,16-17H2,(H,35,36). The van der Waals surface area contributed by atoms with Crippen LogP contribution in [-0.4, -0.2) is 21.8 Å². The largest absolute Gasteiger partial charge is 0.481 e. The van der Waals surface area contributed by atoms with Crippen LogP contribution in [0.25, 0.3) is 24.3 Å². The van der Waals surface area contributed by atoms with Crippen molar-refractivity contribution in [1.82, 2.24) is 4.98 Å². The van der Waals surface area contributed by atoms with Gasteiger partial charge in [-0.3, -0.25) is 9.78 Å². The molecule has 37 heavy (non-hydrogen) atoms. The number of halogens is 3. The minimum Gasteiger partial charge on any atom is -0.481 e. The van der Waals surface area contributed by atoms with Crippen molar-refractivity contribution in [2.45, 2.75) is 43.5 Å². The highest BCUT2D eigenvalue weighted by Gasteiger charge is 2.35. The molecule has 1 N–H and O–H groups in total. The lowest BCUT2D eigenvalue weighted by Gasteiger charge is -2.22. The Morgan fingerprint density at radius 1 is 1.03 bits per heavy atom. The molecule has 7 heteroatoms. The van der Waals surface area contributed by atoms with E-state index in [2.05, 4.69) is 6.07 Å². The van der Waals surface area contributed by atoms with E-state index < -0.39 is 23.0 Å². The van der Waals surface area contributed by atoms with Crippen LogP contribution in [0.5, 0.6) is 0 Å². The molecule has 1 heterocycles. The van der Waals surface area contributed by atoms with E-state index in [1.807, 2.05) is 36.4 Å². The van der Waals surface area contributed by atoms with E-state index in [9.17, 15) is 18.0 Å². The summed E-state index contributed by atoms with van der Waals surface area (Å²) in [6.45, 7) is 0. The van der Waals surface area contributed by atoms with Crippen LogP contribution in [-0.2, 0) is 23.8 Å². The number of carboxylic acid groups (broad SMARTS) is 1. The lowest BCUT2D eigenvalue weighted by atomic mass is 9.94. The van der Waals surface area contributed by atoms with Gasteiger partial charge < -0.3 is 5.11 Å². The highest BCUT2D eigenvalue weighted by molar-refractivity contribution is 7.99. The fraction of sp³-hybridized carbons (Fsp3) is 0.267. The predicted octanol–water partition coefficient (Wildman–Crippen LogP) is 7.93. The Kier molecular flexibility index (Phi) is 7.24. The van der Waals surface area contributed by atoms with Crippen molar-refractivity contribution in [2.24, 2.45) is 0 Å². The summed E-state index contributed by atoms with van der Waals surface area (Å²) in [7, 11) is 0. The first-order valence-electron chi connectivity index (χ1n) is 12.3. The van der Waals surface area contributed by atoms with Gasteiger partial charge in [-0.15, -0.1) is 11.8 Å². The van der Waals surface area contributed by atoms with E-state index in [-0.39, 0.29) is 17.7 Å². The molecule has 3 nitrogen and oxygen atoms in total. The Morgan fingerprint density at radius 2 is 1.86 bits per heavy atom. The first-order valence-corrected chi connectivity index (χ1v) is 13.4. The highest BCUT2D eigenvalue weighted by atomic mass is 32.2. The van der Waals surface area contributed by atoms with Crippen LogP contribution in [0, 0.1) is 0 Å². The lowest BCUT2D eigenvalue weighted by molar-refractivity contribution is -0.138. The molecule has 2 aliphatic rings. The summed E-state index contributed by atoms with van der Waals surface area (Å²) < 4.78 is 41.5. The van der Waals surface area contributed by atoms with E-state index in [0.29, 0.717) is 5.56 Å². The molecule has 0 aliphatic heterocycles. The number of benzene rings is 2. The molecule has 1 aromatic heterocycles. The van der Waals surface area contributed by atoms with Crippen molar-refractivity contribution in [3.05, 3.63) is 98.9 Å². The SMILES string of the molecule is O=C(O)CCSC1c2cc(C=Cc3ccc4c(n3)CCCC4)ccc2C=Cc2c1cccc2C(F)(F)F. The number of carboxylic acids is 1. The summed E-state index contributed by atoms with van der Waals surface area (Å²) in [6, 6.07) is 14.2. The Hall–Kier alpha value is -3.32. The summed E-state index contributed by atoms with van der Waals surface area (Å²) >= 11 is 1.36. The minimum absolute atomic E-state index is 0.0676. The second kappa shape index (κ2) is 10.6. The number of hydrogen-bond donors (Lipinski definition) is 1. The zero-order valence-corrected chi connectivity index (χ0v) is 20.9. The number of aliphatic carboxylic acids is 1. The van der Waals surface area contributed by atoms with Gasteiger partial charge in [0.05, 0.1) is 22.9 Å². The molecule has 0 bridgehead atoms. The van der Waals surface area contributed by atoms with Crippen molar-refractivity contribution >= 4 is 42.0 Å². The number of carbonyl (C=O) groups is 1. The highest BCUT2D eigenvalue weighted by Crippen LogP contribution is 2.46. The van der Waals surface area contributed by atoms with Crippen LogP contribution in [0.1, 0.15) is 74.8 Å². The number of thioether (sulfide) groups is 1.